The predicted molar refractivity (Wildman–Crippen MR) is 124 cm³/mol. The summed E-state index contributed by atoms with van der Waals surface area (Å²) in [5.74, 6) is 1.41. The zero-order valence-electron chi connectivity index (χ0n) is 18.5. The molecule has 2 aliphatic rings. The van der Waals surface area contributed by atoms with Gasteiger partial charge in [-0.2, -0.15) is 0 Å². The van der Waals surface area contributed by atoms with E-state index in [1.54, 1.807) is 0 Å². The summed E-state index contributed by atoms with van der Waals surface area (Å²) in [6.45, 7) is 4.81. The van der Waals surface area contributed by atoms with E-state index in [-0.39, 0.29) is 17.6 Å². The molecule has 1 atom stereocenters. The van der Waals surface area contributed by atoms with Gasteiger partial charge in [0.1, 0.15) is 11.6 Å². The second-order valence-corrected chi connectivity index (χ2v) is 9.19. The maximum Gasteiger partial charge on any atom is 0.236 e. The number of likely N-dealkylation sites (tertiary alicyclic amines) is 2. The third kappa shape index (κ3) is 4.56. The van der Waals surface area contributed by atoms with E-state index in [0.29, 0.717) is 13.1 Å². The highest BCUT2D eigenvalue weighted by Crippen LogP contribution is 2.30. The molecule has 3 heterocycles. The van der Waals surface area contributed by atoms with Crippen LogP contribution in [0.2, 0.25) is 0 Å². The number of piperidine rings is 2. The molecule has 3 aromatic rings. The van der Waals surface area contributed by atoms with E-state index in [1.807, 2.05) is 29.2 Å². The standard InChI is InChI=1S/C26H31FN4O/c27-22-12-10-20(11-13-22)17-31-24-9-3-2-8-23(24)28-26(31)21-7-6-14-29(18-21)19-25(32)30-15-4-1-5-16-30/h2-3,8-13,21H,1,4-7,14-19H2. The summed E-state index contributed by atoms with van der Waals surface area (Å²) in [7, 11) is 0. The van der Waals surface area contributed by atoms with Crippen molar-refractivity contribution >= 4 is 16.9 Å². The second kappa shape index (κ2) is 9.41. The fourth-order valence-electron chi connectivity index (χ4n) is 5.19. The van der Waals surface area contributed by atoms with Crippen LogP contribution in [0, 0.1) is 5.82 Å². The maximum absolute atomic E-state index is 13.4. The van der Waals surface area contributed by atoms with E-state index in [2.05, 4.69) is 21.6 Å². The third-order valence-electron chi connectivity index (χ3n) is 6.88. The summed E-state index contributed by atoms with van der Waals surface area (Å²) in [6, 6.07) is 14.9. The van der Waals surface area contributed by atoms with Crippen LogP contribution in [-0.2, 0) is 11.3 Å². The number of fused-ring (bicyclic) bond motifs is 1. The molecular weight excluding hydrogens is 403 g/mol. The van der Waals surface area contributed by atoms with Gasteiger partial charge in [0.05, 0.1) is 17.6 Å². The van der Waals surface area contributed by atoms with Crippen molar-refractivity contribution in [1.29, 1.82) is 0 Å². The average molecular weight is 435 g/mol. The van der Waals surface area contributed by atoms with Crippen LogP contribution in [0.3, 0.4) is 0 Å². The molecule has 1 amide bonds. The van der Waals surface area contributed by atoms with Gasteiger partial charge in [0.15, 0.2) is 0 Å². The van der Waals surface area contributed by atoms with Gasteiger partial charge in [0.2, 0.25) is 5.91 Å². The molecule has 0 saturated carbocycles. The summed E-state index contributed by atoms with van der Waals surface area (Å²) in [5, 5.41) is 0. The Hall–Kier alpha value is -2.73. The predicted octanol–water partition coefficient (Wildman–Crippen LogP) is 4.42. The van der Waals surface area contributed by atoms with Crippen molar-refractivity contribution in [1.82, 2.24) is 19.4 Å². The minimum atomic E-state index is -0.217. The molecule has 1 aromatic heterocycles. The highest BCUT2D eigenvalue weighted by Gasteiger charge is 2.28. The lowest BCUT2D eigenvalue weighted by atomic mass is 9.97. The molecule has 6 heteroatoms. The molecule has 32 heavy (non-hydrogen) atoms. The first kappa shape index (κ1) is 21.1. The largest absolute Gasteiger partial charge is 0.342 e. The maximum atomic E-state index is 13.4. The summed E-state index contributed by atoms with van der Waals surface area (Å²) in [6.07, 6.45) is 5.63. The van der Waals surface area contributed by atoms with Gasteiger partial charge in [-0.1, -0.05) is 24.3 Å². The van der Waals surface area contributed by atoms with Gasteiger partial charge in [-0.05, 0) is 68.5 Å². The fraction of sp³-hybridized carbons (Fsp3) is 0.462. The van der Waals surface area contributed by atoms with Gasteiger partial charge in [-0.3, -0.25) is 9.69 Å². The van der Waals surface area contributed by atoms with Crippen molar-refractivity contribution in [3.05, 3.63) is 65.7 Å². The summed E-state index contributed by atoms with van der Waals surface area (Å²) < 4.78 is 15.7. The number of halogens is 1. The summed E-state index contributed by atoms with van der Waals surface area (Å²) >= 11 is 0. The number of imidazole rings is 1. The number of rotatable bonds is 5. The van der Waals surface area contributed by atoms with E-state index < -0.39 is 0 Å². The minimum Gasteiger partial charge on any atom is -0.342 e. The van der Waals surface area contributed by atoms with Crippen LogP contribution in [0.5, 0.6) is 0 Å². The van der Waals surface area contributed by atoms with E-state index in [4.69, 9.17) is 4.98 Å². The molecule has 0 radical (unpaired) electrons. The molecule has 2 aromatic carbocycles. The van der Waals surface area contributed by atoms with Crippen molar-refractivity contribution in [2.24, 2.45) is 0 Å². The highest BCUT2D eigenvalue weighted by molar-refractivity contribution is 5.78. The Labute approximate surface area is 188 Å². The molecule has 168 valence electrons. The van der Waals surface area contributed by atoms with Crippen LogP contribution >= 0.6 is 0 Å². The molecule has 5 rings (SSSR count). The number of nitrogens with zero attached hydrogens (tertiary/aromatic N) is 4. The summed E-state index contributed by atoms with van der Waals surface area (Å²) in [4.78, 5) is 22.2. The van der Waals surface area contributed by atoms with Gasteiger partial charge in [0, 0.05) is 32.1 Å². The van der Waals surface area contributed by atoms with Crippen molar-refractivity contribution < 1.29 is 9.18 Å². The molecule has 2 aliphatic heterocycles. The number of amides is 1. The van der Waals surface area contributed by atoms with Crippen molar-refractivity contribution in [3.8, 4) is 0 Å². The first-order chi connectivity index (χ1) is 15.7. The van der Waals surface area contributed by atoms with Crippen molar-refractivity contribution in [2.75, 3.05) is 32.7 Å². The van der Waals surface area contributed by atoms with Gasteiger partial charge < -0.3 is 9.47 Å². The van der Waals surface area contributed by atoms with Crippen molar-refractivity contribution in [3.63, 3.8) is 0 Å². The normalized spacial score (nSPS) is 20.0. The molecule has 0 N–H and O–H groups in total. The minimum absolute atomic E-state index is 0.217. The van der Waals surface area contributed by atoms with Crippen LogP contribution < -0.4 is 0 Å². The zero-order chi connectivity index (χ0) is 21.9. The van der Waals surface area contributed by atoms with Crippen LogP contribution in [-0.4, -0.2) is 58.0 Å². The Kier molecular flexibility index (Phi) is 6.21. The zero-order valence-corrected chi connectivity index (χ0v) is 18.5. The fourth-order valence-corrected chi connectivity index (χ4v) is 5.19. The quantitative estimate of drug-likeness (QED) is 0.597. The van der Waals surface area contributed by atoms with E-state index in [1.165, 1.54) is 18.6 Å². The molecule has 0 aliphatic carbocycles. The van der Waals surface area contributed by atoms with E-state index in [9.17, 15) is 9.18 Å². The highest BCUT2D eigenvalue weighted by atomic mass is 19.1. The number of aromatic nitrogens is 2. The third-order valence-corrected chi connectivity index (χ3v) is 6.88. The number of carbonyl (C=O) groups excluding carboxylic acids is 1. The summed E-state index contributed by atoms with van der Waals surface area (Å²) in [5.41, 5.74) is 3.16. The van der Waals surface area contributed by atoms with Gasteiger partial charge in [0.25, 0.3) is 0 Å². The van der Waals surface area contributed by atoms with E-state index >= 15 is 0 Å². The van der Waals surface area contributed by atoms with Gasteiger partial charge in [-0.15, -0.1) is 0 Å². The number of carbonyl (C=O) groups is 1. The second-order valence-electron chi connectivity index (χ2n) is 9.19. The van der Waals surface area contributed by atoms with E-state index in [0.717, 1.165) is 74.3 Å². The molecule has 0 bridgehead atoms. The van der Waals surface area contributed by atoms with Crippen LogP contribution in [0.25, 0.3) is 11.0 Å². The SMILES string of the molecule is O=C(CN1CCCC(c2nc3ccccc3n2Cc2ccc(F)cc2)C1)N1CCCCC1. The molecule has 5 nitrogen and oxygen atoms in total. The van der Waals surface area contributed by atoms with Crippen LogP contribution in [0.1, 0.15) is 49.4 Å². The molecular formula is C26H31FN4O. The first-order valence-electron chi connectivity index (χ1n) is 11.9. The Balaban J connectivity index is 1.37. The Bertz CT molecular complexity index is 1070. The Morgan fingerprint density at radius 3 is 2.56 bits per heavy atom. The van der Waals surface area contributed by atoms with Crippen LogP contribution in [0.4, 0.5) is 4.39 Å². The number of benzene rings is 2. The molecule has 1 unspecified atom stereocenters. The number of hydrogen-bond acceptors (Lipinski definition) is 3. The number of para-hydroxylation sites is 2. The van der Waals surface area contributed by atoms with Crippen molar-refractivity contribution in [2.45, 2.75) is 44.6 Å². The topological polar surface area (TPSA) is 41.4 Å². The lowest BCUT2D eigenvalue weighted by molar-refractivity contribution is -0.133. The number of hydrogen-bond donors (Lipinski definition) is 0. The Morgan fingerprint density at radius 1 is 0.969 bits per heavy atom. The Morgan fingerprint density at radius 2 is 1.75 bits per heavy atom. The lowest BCUT2D eigenvalue weighted by Crippen LogP contribution is -2.45. The lowest BCUT2D eigenvalue weighted by Gasteiger charge is -2.34. The monoisotopic (exact) mass is 434 g/mol. The molecule has 0 spiro atoms. The molecule has 2 saturated heterocycles. The average Bonchev–Trinajstić information content (AvgIpc) is 3.20. The van der Waals surface area contributed by atoms with Gasteiger partial charge >= 0.3 is 0 Å². The first-order valence-corrected chi connectivity index (χ1v) is 11.9. The molecule has 2 fully saturated rings. The van der Waals surface area contributed by atoms with Gasteiger partial charge in [-0.25, -0.2) is 9.37 Å². The van der Waals surface area contributed by atoms with Crippen LogP contribution in [0.15, 0.2) is 48.5 Å². The smallest absolute Gasteiger partial charge is 0.236 e.